The minimum absolute atomic E-state index is 0.0513. The first-order valence-corrected chi connectivity index (χ1v) is 4.83. The lowest BCUT2D eigenvalue weighted by molar-refractivity contribution is 0.126. The Morgan fingerprint density at radius 3 is 2.67 bits per heavy atom. The van der Waals surface area contributed by atoms with Crippen LogP contribution in [0.3, 0.4) is 0 Å². The summed E-state index contributed by atoms with van der Waals surface area (Å²) in [5.41, 5.74) is 0. The molecule has 0 aliphatic heterocycles. The first-order chi connectivity index (χ1) is 5.75. The minimum Gasteiger partial charge on any atom is -0.393 e. The zero-order valence-electron chi connectivity index (χ0n) is 8.01. The number of hydrogen-bond donors (Lipinski definition) is 1. The van der Waals surface area contributed by atoms with Gasteiger partial charge in [-0.15, -0.1) is 11.8 Å². The van der Waals surface area contributed by atoms with Crippen LogP contribution in [0.1, 0.15) is 39.5 Å². The quantitative estimate of drug-likeness (QED) is 0.623. The number of aliphatic hydroxyl groups is 1. The predicted octanol–water partition coefficient (Wildman–Crippen LogP) is 2.20. The molecule has 68 valence electrons. The molecular weight excluding hydrogens is 148 g/mol. The molecule has 1 aliphatic carbocycles. The fourth-order valence-corrected chi connectivity index (χ4v) is 2.01. The smallest absolute Gasteiger partial charge is 0.0568 e. The summed E-state index contributed by atoms with van der Waals surface area (Å²) < 4.78 is 0. The van der Waals surface area contributed by atoms with Crippen LogP contribution in [0.5, 0.6) is 0 Å². The van der Waals surface area contributed by atoms with Gasteiger partial charge in [-0.1, -0.05) is 6.92 Å². The van der Waals surface area contributed by atoms with Crippen LogP contribution in [0.15, 0.2) is 0 Å². The molecule has 0 heterocycles. The van der Waals surface area contributed by atoms with Gasteiger partial charge in [-0.25, -0.2) is 0 Å². The summed E-state index contributed by atoms with van der Waals surface area (Å²) in [4.78, 5) is 0. The van der Waals surface area contributed by atoms with E-state index in [1.807, 2.05) is 6.92 Å². The van der Waals surface area contributed by atoms with E-state index in [4.69, 9.17) is 0 Å². The highest BCUT2D eigenvalue weighted by Gasteiger charge is 2.30. The number of hydrogen-bond acceptors (Lipinski definition) is 1. The molecule has 0 amide bonds. The maximum atomic E-state index is 9.49. The summed E-state index contributed by atoms with van der Waals surface area (Å²) in [5.74, 6) is 7.18. The Bertz CT molecular complexity index is 187. The predicted molar refractivity (Wildman–Crippen MR) is 50.6 cm³/mol. The molecule has 0 spiro atoms. The zero-order valence-corrected chi connectivity index (χ0v) is 8.01. The van der Waals surface area contributed by atoms with Crippen molar-refractivity contribution in [3.05, 3.63) is 0 Å². The van der Waals surface area contributed by atoms with E-state index in [1.165, 1.54) is 12.8 Å². The van der Waals surface area contributed by atoms with E-state index in [0.717, 1.165) is 12.8 Å². The lowest BCUT2D eigenvalue weighted by Gasteiger charge is -2.15. The highest BCUT2D eigenvalue weighted by atomic mass is 16.3. The van der Waals surface area contributed by atoms with Crippen LogP contribution in [0.25, 0.3) is 0 Å². The first-order valence-electron chi connectivity index (χ1n) is 4.83. The van der Waals surface area contributed by atoms with Crippen molar-refractivity contribution in [1.29, 1.82) is 0 Å². The highest BCUT2D eigenvalue weighted by molar-refractivity contribution is 4.96. The van der Waals surface area contributed by atoms with Gasteiger partial charge in [0.2, 0.25) is 0 Å². The minimum atomic E-state index is -0.0513. The Kier molecular flexibility index (Phi) is 3.62. The molecule has 0 saturated heterocycles. The highest BCUT2D eigenvalue weighted by Crippen LogP contribution is 2.34. The SMILES string of the molecule is CC#CCCC1CCC(O)C1C. The second-order valence-electron chi connectivity index (χ2n) is 3.73. The van der Waals surface area contributed by atoms with Crippen molar-refractivity contribution in [2.45, 2.75) is 45.6 Å². The summed E-state index contributed by atoms with van der Waals surface area (Å²) in [6, 6.07) is 0. The number of aliphatic hydroxyl groups excluding tert-OH is 1. The van der Waals surface area contributed by atoms with E-state index in [9.17, 15) is 5.11 Å². The van der Waals surface area contributed by atoms with Crippen molar-refractivity contribution in [2.24, 2.45) is 11.8 Å². The van der Waals surface area contributed by atoms with E-state index in [2.05, 4.69) is 18.8 Å². The molecule has 1 rings (SSSR count). The Balaban J connectivity index is 2.27. The molecule has 3 atom stereocenters. The fraction of sp³-hybridized carbons (Fsp3) is 0.818. The molecule has 12 heavy (non-hydrogen) atoms. The van der Waals surface area contributed by atoms with Crippen molar-refractivity contribution in [1.82, 2.24) is 0 Å². The lowest BCUT2D eigenvalue weighted by atomic mass is 9.92. The van der Waals surface area contributed by atoms with E-state index in [0.29, 0.717) is 11.8 Å². The van der Waals surface area contributed by atoms with Gasteiger partial charge in [-0.3, -0.25) is 0 Å². The standard InChI is InChI=1S/C11H18O/c1-3-4-5-6-10-7-8-11(12)9(10)2/h9-12H,5-8H2,1-2H3. The second kappa shape index (κ2) is 4.52. The molecule has 0 aromatic rings. The maximum Gasteiger partial charge on any atom is 0.0568 e. The first kappa shape index (κ1) is 9.61. The summed E-state index contributed by atoms with van der Waals surface area (Å²) in [6.07, 6.45) is 4.29. The van der Waals surface area contributed by atoms with Crippen LogP contribution in [0, 0.1) is 23.7 Å². The molecule has 1 heteroatoms. The molecule has 0 bridgehead atoms. The monoisotopic (exact) mass is 166 g/mol. The van der Waals surface area contributed by atoms with E-state index < -0.39 is 0 Å². The molecule has 1 nitrogen and oxygen atoms in total. The van der Waals surface area contributed by atoms with Gasteiger partial charge in [0.05, 0.1) is 6.10 Å². The topological polar surface area (TPSA) is 20.2 Å². The normalized spacial score (nSPS) is 34.4. The average molecular weight is 166 g/mol. The summed E-state index contributed by atoms with van der Waals surface area (Å²) >= 11 is 0. The van der Waals surface area contributed by atoms with E-state index >= 15 is 0 Å². The van der Waals surface area contributed by atoms with Crippen molar-refractivity contribution >= 4 is 0 Å². The van der Waals surface area contributed by atoms with Crippen molar-refractivity contribution in [3.63, 3.8) is 0 Å². The summed E-state index contributed by atoms with van der Waals surface area (Å²) in [5, 5.41) is 9.49. The third-order valence-corrected chi connectivity index (χ3v) is 3.00. The van der Waals surface area contributed by atoms with E-state index in [1.54, 1.807) is 0 Å². The Morgan fingerprint density at radius 1 is 1.42 bits per heavy atom. The molecule has 1 N–H and O–H groups in total. The Hall–Kier alpha value is -0.480. The average Bonchev–Trinajstić information content (AvgIpc) is 2.36. The van der Waals surface area contributed by atoms with Gasteiger partial charge in [0.15, 0.2) is 0 Å². The molecule has 3 unspecified atom stereocenters. The molecule has 0 aromatic heterocycles. The zero-order chi connectivity index (χ0) is 8.97. The van der Waals surface area contributed by atoms with Crippen LogP contribution < -0.4 is 0 Å². The lowest BCUT2D eigenvalue weighted by Crippen LogP contribution is -2.14. The molecule has 0 radical (unpaired) electrons. The molecular formula is C11H18O. The second-order valence-corrected chi connectivity index (χ2v) is 3.73. The van der Waals surface area contributed by atoms with Gasteiger partial charge in [0.1, 0.15) is 0 Å². The number of rotatable bonds is 2. The van der Waals surface area contributed by atoms with Crippen LogP contribution >= 0.6 is 0 Å². The summed E-state index contributed by atoms with van der Waals surface area (Å²) in [7, 11) is 0. The van der Waals surface area contributed by atoms with Gasteiger partial charge in [0, 0.05) is 6.42 Å². The van der Waals surface area contributed by atoms with Crippen molar-refractivity contribution in [3.8, 4) is 11.8 Å². The third-order valence-electron chi connectivity index (χ3n) is 3.00. The van der Waals surface area contributed by atoms with Gasteiger partial charge in [-0.05, 0) is 38.0 Å². The maximum absolute atomic E-state index is 9.49. The third kappa shape index (κ3) is 2.25. The van der Waals surface area contributed by atoms with Crippen molar-refractivity contribution in [2.75, 3.05) is 0 Å². The van der Waals surface area contributed by atoms with Crippen LogP contribution in [-0.4, -0.2) is 11.2 Å². The molecule has 1 fully saturated rings. The van der Waals surface area contributed by atoms with Crippen LogP contribution in [0.4, 0.5) is 0 Å². The van der Waals surface area contributed by atoms with E-state index in [-0.39, 0.29) is 6.10 Å². The van der Waals surface area contributed by atoms with Crippen molar-refractivity contribution < 1.29 is 5.11 Å². The molecule has 0 aromatic carbocycles. The van der Waals surface area contributed by atoms with Crippen LogP contribution in [-0.2, 0) is 0 Å². The summed E-state index contributed by atoms with van der Waals surface area (Å²) in [6.45, 7) is 4.04. The van der Waals surface area contributed by atoms with Gasteiger partial charge in [-0.2, -0.15) is 0 Å². The van der Waals surface area contributed by atoms with Gasteiger partial charge >= 0.3 is 0 Å². The van der Waals surface area contributed by atoms with Crippen LogP contribution in [0.2, 0.25) is 0 Å². The van der Waals surface area contributed by atoms with Gasteiger partial charge < -0.3 is 5.11 Å². The molecule has 1 saturated carbocycles. The Labute approximate surface area is 75.2 Å². The van der Waals surface area contributed by atoms with Gasteiger partial charge in [0.25, 0.3) is 0 Å². The largest absolute Gasteiger partial charge is 0.393 e. The Morgan fingerprint density at radius 2 is 2.17 bits per heavy atom. The fourth-order valence-electron chi connectivity index (χ4n) is 2.01. The molecule has 1 aliphatic rings.